The number of benzene rings is 2. The Morgan fingerprint density at radius 2 is 1.89 bits per heavy atom. The van der Waals surface area contributed by atoms with Crippen LogP contribution in [0.3, 0.4) is 0 Å². The summed E-state index contributed by atoms with van der Waals surface area (Å²) < 4.78 is 13.5. The molecule has 4 rings (SSSR count). The number of piperazine rings is 1. The molecule has 0 unspecified atom stereocenters. The Bertz CT molecular complexity index is 965. The molecule has 1 saturated heterocycles. The van der Waals surface area contributed by atoms with Crippen molar-refractivity contribution in [3.63, 3.8) is 0 Å². The molecule has 2 aromatic carbocycles. The Balaban J connectivity index is 1.50. The molecule has 28 heavy (non-hydrogen) atoms. The van der Waals surface area contributed by atoms with Crippen LogP contribution < -0.4 is 15.5 Å². The molecular formula is C21H21FN4O2. The maximum atomic E-state index is 13.5. The summed E-state index contributed by atoms with van der Waals surface area (Å²) in [5, 5.41) is 5.88. The molecule has 2 aromatic rings. The molecular weight excluding hydrogens is 359 g/mol. The van der Waals surface area contributed by atoms with Gasteiger partial charge in [-0.3, -0.25) is 9.59 Å². The van der Waals surface area contributed by atoms with Crippen molar-refractivity contribution in [2.45, 2.75) is 6.92 Å². The minimum Gasteiger partial charge on any atom is -0.368 e. The normalized spacial score (nSPS) is 17.5. The second-order valence-corrected chi connectivity index (χ2v) is 6.98. The summed E-state index contributed by atoms with van der Waals surface area (Å²) in [5.41, 5.74) is 4.65. The lowest BCUT2D eigenvalue weighted by molar-refractivity contribution is -0.118. The van der Waals surface area contributed by atoms with E-state index < -0.39 is 0 Å². The molecule has 0 atom stereocenters. The molecule has 2 aliphatic rings. The minimum atomic E-state index is -0.379. The van der Waals surface area contributed by atoms with Crippen LogP contribution >= 0.6 is 0 Å². The number of halogens is 1. The summed E-state index contributed by atoms with van der Waals surface area (Å²) in [6.07, 6.45) is 2.51. The van der Waals surface area contributed by atoms with Crippen LogP contribution in [0.2, 0.25) is 0 Å². The molecule has 2 aliphatic heterocycles. The minimum absolute atomic E-state index is 0.255. The number of fused-ring (bicyclic) bond motifs is 1. The van der Waals surface area contributed by atoms with Gasteiger partial charge in [0.1, 0.15) is 5.82 Å². The zero-order chi connectivity index (χ0) is 19.7. The summed E-state index contributed by atoms with van der Waals surface area (Å²) in [7, 11) is 0. The van der Waals surface area contributed by atoms with E-state index in [1.807, 2.05) is 25.1 Å². The average molecular weight is 380 g/mol. The molecule has 1 fully saturated rings. The van der Waals surface area contributed by atoms with Gasteiger partial charge in [-0.25, -0.2) is 4.39 Å². The Kier molecular flexibility index (Phi) is 4.73. The van der Waals surface area contributed by atoms with Crippen molar-refractivity contribution in [1.82, 2.24) is 4.90 Å². The molecule has 0 radical (unpaired) electrons. The fourth-order valence-electron chi connectivity index (χ4n) is 3.63. The summed E-state index contributed by atoms with van der Waals surface area (Å²) in [4.78, 5) is 27.1. The summed E-state index contributed by atoms with van der Waals surface area (Å²) in [6, 6.07) is 10.2. The van der Waals surface area contributed by atoms with Crippen molar-refractivity contribution in [2.75, 3.05) is 41.7 Å². The van der Waals surface area contributed by atoms with Crippen LogP contribution in [-0.4, -0.2) is 43.4 Å². The predicted octanol–water partition coefficient (Wildman–Crippen LogP) is 2.82. The largest absolute Gasteiger partial charge is 0.368 e. The Hall–Kier alpha value is -3.35. The third-order valence-electron chi connectivity index (χ3n) is 5.15. The second-order valence-electron chi connectivity index (χ2n) is 6.98. The zero-order valence-corrected chi connectivity index (χ0v) is 15.5. The van der Waals surface area contributed by atoms with Crippen molar-refractivity contribution in [3.05, 3.63) is 59.5 Å². The lowest BCUT2D eigenvalue weighted by atomic mass is 10.1. The van der Waals surface area contributed by atoms with E-state index >= 15 is 0 Å². The number of carbonyl (C=O) groups is 2. The highest BCUT2D eigenvalue weighted by atomic mass is 19.1. The van der Waals surface area contributed by atoms with E-state index in [0.717, 1.165) is 49.5 Å². The van der Waals surface area contributed by atoms with Crippen molar-refractivity contribution < 1.29 is 14.0 Å². The number of rotatable bonds is 4. The van der Waals surface area contributed by atoms with Crippen LogP contribution in [0.4, 0.5) is 21.5 Å². The van der Waals surface area contributed by atoms with E-state index in [0.29, 0.717) is 16.8 Å². The zero-order valence-electron chi connectivity index (χ0n) is 15.5. The molecule has 0 saturated carbocycles. The Morgan fingerprint density at radius 3 is 2.61 bits per heavy atom. The molecule has 6 nitrogen and oxygen atoms in total. The number of anilines is 3. The van der Waals surface area contributed by atoms with Crippen LogP contribution in [0.5, 0.6) is 0 Å². The first-order chi connectivity index (χ1) is 13.5. The predicted molar refractivity (Wildman–Crippen MR) is 108 cm³/mol. The molecule has 0 aromatic heterocycles. The van der Waals surface area contributed by atoms with Gasteiger partial charge in [0.25, 0.3) is 5.91 Å². The number of hydrogen-bond acceptors (Lipinski definition) is 4. The van der Waals surface area contributed by atoms with Crippen LogP contribution in [0.25, 0.3) is 5.57 Å². The van der Waals surface area contributed by atoms with Crippen LogP contribution in [-0.2, 0) is 9.59 Å². The maximum absolute atomic E-state index is 13.5. The third kappa shape index (κ3) is 3.43. The molecule has 0 spiro atoms. The average Bonchev–Trinajstić information content (AvgIpc) is 3.01. The lowest BCUT2D eigenvalue weighted by Gasteiger charge is -2.35. The van der Waals surface area contributed by atoms with Gasteiger partial charge in [-0.05, 0) is 48.9 Å². The molecule has 2 N–H and O–H groups in total. The van der Waals surface area contributed by atoms with Crippen molar-refractivity contribution in [2.24, 2.45) is 0 Å². The molecule has 144 valence electrons. The molecule has 2 amide bonds. The van der Waals surface area contributed by atoms with E-state index in [1.165, 1.54) is 12.1 Å². The van der Waals surface area contributed by atoms with Crippen molar-refractivity contribution >= 4 is 35.0 Å². The van der Waals surface area contributed by atoms with E-state index in [4.69, 9.17) is 0 Å². The van der Waals surface area contributed by atoms with Gasteiger partial charge < -0.3 is 20.4 Å². The highest BCUT2D eigenvalue weighted by molar-refractivity contribution is 6.31. The van der Waals surface area contributed by atoms with Gasteiger partial charge in [0, 0.05) is 55.0 Å². The lowest BCUT2D eigenvalue weighted by Crippen LogP contribution is -2.45. The first-order valence-electron chi connectivity index (χ1n) is 9.18. The topological polar surface area (TPSA) is 64.7 Å². The monoisotopic (exact) mass is 380 g/mol. The Labute approximate surface area is 162 Å². The number of amides is 2. The molecule has 0 aliphatic carbocycles. The van der Waals surface area contributed by atoms with E-state index in [2.05, 4.69) is 15.5 Å². The van der Waals surface area contributed by atoms with Gasteiger partial charge in [0.15, 0.2) is 0 Å². The van der Waals surface area contributed by atoms with E-state index in [-0.39, 0.29) is 11.7 Å². The van der Waals surface area contributed by atoms with Gasteiger partial charge in [-0.15, -0.1) is 0 Å². The summed E-state index contributed by atoms with van der Waals surface area (Å²) >= 11 is 0. The first-order valence-corrected chi connectivity index (χ1v) is 9.18. The summed E-state index contributed by atoms with van der Waals surface area (Å²) in [6.45, 7) is 5.09. The highest BCUT2D eigenvalue weighted by Crippen LogP contribution is 2.32. The fourth-order valence-corrected chi connectivity index (χ4v) is 3.63. The van der Waals surface area contributed by atoms with Crippen LogP contribution in [0.15, 0.2) is 42.6 Å². The molecule has 2 heterocycles. The summed E-state index contributed by atoms with van der Waals surface area (Å²) in [5.74, 6) is -0.634. The molecule has 0 bridgehead atoms. The third-order valence-corrected chi connectivity index (χ3v) is 5.15. The van der Waals surface area contributed by atoms with Gasteiger partial charge in [-0.2, -0.15) is 0 Å². The van der Waals surface area contributed by atoms with Crippen molar-refractivity contribution in [1.29, 1.82) is 0 Å². The number of aryl methyl sites for hydroxylation is 1. The highest BCUT2D eigenvalue weighted by Gasteiger charge is 2.24. The number of nitrogens with one attached hydrogen (secondary N) is 2. The number of hydrogen-bond donors (Lipinski definition) is 2. The Morgan fingerprint density at radius 1 is 1.11 bits per heavy atom. The maximum Gasteiger partial charge on any atom is 0.257 e. The smallest absolute Gasteiger partial charge is 0.257 e. The number of carbonyl (C=O) groups excluding carboxylic acids is 2. The van der Waals surface area contributed by atoms with Gasteiger partial charge >= 0.3 is 0 Å². The SMILES string of the molecule is Cc1cc(N/C=C2\C(=O)Nc3ccc(F)cc32)ccc1N1CCN(C=O)CC1. The fraction of sp³-hybridized carbons (Fsp3) is 0.238. The van der Waals surface area contributed by atoms with Gasteiger partial charge in [0.05, 0.1) is 5.57 Å². The van der Waals surface area contributed by atoms with E-state index in [9.17, 15) is 14.0 Å². The second kappa shape index (κ2) is 7.34. The standard InChI is InChI=1S/C21H21FN4O2/c1-14-10-16(3-5-20(14)26-8-6-25(13-27)7-9-26)23-12-18-17-11-15(22)2-4-19(17)24-21(18)28/h2-5,10-13,23H,6-9H2,1H3,(H,24,28)/b18-12-. The van der Waals surface area contributed by atoms with Gasteiger partial charge in [0.2, 0.25) is 6.41 Å². The van der Waals surface area contributed by atoms with Crippen LogP contribution in [0, 0.1) is 12.7 Å². The first kappa shape index (κ1) is 18.0. The quantitative estimate of drug-likeness (QED) is 0.632. The van der Waals surface area contributed by atoms with E-state index in [1.54, 1.807) is 17.2 Å². The van der Waals surface area contributed by atoms with Crippen LogP contribution in [0.1, 0.15) is 11.1 Å². The van der Waals surface area contributed by atoms with Gasteiger partial charge in [-0.1, -0.05) is 0 Å². The van der Waals surface area contributed by atoms with Crippen molar-refractivity contribution in [3.8, 4) is 0 Å². The molecule has 7 heteroatoms. The number of nitrogens with zero attached hydrogens (tertiary/aromatic N) is 2.